The molecule has 0 spiro atoms. The summed E-state index contributed by atoms with van der Waals surface area (Å²) in [5.74, 6) is -2.52. The van der Waals surface area contributed by atoms with Gasteiger partial charge >= 0.3 is 12.3 Å². The van der Waals surface area contributed by atoms with Gasteiger partial charge in [-0.15, -0.1) is 0 Å². The molecule has 3 atom stereocenters. The zero-order valence-corrected chi connectivity index (χ0v) is 20.3. The Bertz CT molecular complexity index is 1090. The van der Waals surface area contributed by atoms with Crippen LogP contribution in [-0.2, 0) is 11.2 Å². The summed E-state index contributed by atoms with van der Waals surface area (Å²) < 4.78 is 81.6. The molecule has 0 radical (unpaired) electrons. The summed E-state index contributed by atoms with van der Waals surface area (Å²) in [5, 5.41) is 9.85. The van der Waals surface area contributed by atoms with Gasteiger partial charge in [0.2, 0.25) is 0 Å². The minimum atomic E-state index is -4.61. The van der Waals surface area contributed by atoms with E-state index in [1.807, 2.05) is 0 Å². The van der Waals surface area contributed by atoms with Crippen molar-refractivity contribution in [2.75, 3.05) is 13.2 Å². The molecule has 3 N–H and O–H groups in total. The van der Waals surface area contributed by atoms with E-state index >= 15 is 8.78 Å². The van der Waals surface area contributed by atoms with E-state index in [0.717, 1.165) is 17.0 Å². The first-order valence-electron chi connectivity index (χ1n) is 11.3. The lowest BCUT2D eigenvalue weighted by Crippen LogP contribution is -2.47. The molecule has 2 aromatic rings. The van der Waals surface area contributed by atoms with Crippen molar-refractivity contribution in [3.05, 3.63) is 58.7 Å². The lowest BCUT2D eigenvalue weighted by molar-refractivity contribution is -0.155. The largest absolute Gasteiger partial charge is 0.508 e. The molecule has 11 heteroatoms. The Morgan fingerprint density at radius 2 is 1.78 bits per heavy atom. The predicted octanol–water partition coefficient (Wildman–Crippen LogP) is 5.46. The van der Waals surface area contributed by atoms with Gasteiger partial charge in [-0.25, -0.2) is 13.6 Å². The van der Waals surface area contributed by atoms with E-state index in [0.29, 0.717) is 5.56 Å². The third kappa shape index (κ3) is 6.37. The number of benzene rings is 2. The van der Waals surface area contributed by atoms with Crippen molar-refractivity contribution < 1.29 is 41.3 Å². The molecule has 0 bridgehead atoms. The summed E-state index contributed by atoms with van der Waals surface area (Å²) in [6.45, 7) is 5.15. The number of rotatable bonds is 6. The number of halogens is 5. The first kappa shape index (κ1) is 27.5. The number of nitrogens with zero attached hydrogens (tertiary/aromatic N) is 1. The van der Waals surface area contributed by atoms with Crippen LogP contribution in [0.4, 0.5) is 26.7 Å². The van der Waals surface area contributed by atoms with Gasteiger partial charge in [0.15, 0.2) is 0 Å². The zero-order chi connectivity index (χ0) is 27.0. The lowest BCUT2D eigenvalue weighted by atomic mass is 9.84. The smallest absolute Gasteiger partial charge is 0.404 e. The molecule has 1 unspecified atom stereocenters. The Kier molecular flexibility index (Phi) is 7.73. The van der Waals surface area contributed by atoms with Crippen LogP contribution in [0.2, 0.25) is 0 Å². The van der Waals surface area contributed by atoms with Gasteiger partial charge in [0.1, 0.15) is 35.8 Å². The van der Waals surface area contributed by atoms with Gasteiger partial charge in [0.25, 0.3) is 0 Å². The predicted molar refractivity (Wildman–Crippen MR) is 122 cm³/mol. The van der Waals surface area contributed by atoms with Crippen molar-refractivity contribution in [1.29, 1.82) is 0 Å². The van der Waals surface area contributed by atoms with E-state index in [9.17, 15) is 23.1 Å². The van der Waals surface area contributed by atoms with Crippen molar-refractivity contribution in [2.24, 2.45) is 11.1 Å². The highest BCUT2D eigenvalue weighted by Crippen LogP contribution is 2.43. The Morgan fingerprint density at radius 3 is 2.31 bits per heavy atom. The van der Waals surface area contributed by atoms with Crippen molar-refractivity contribution in [3.8, 4) is 11.5 Å². The second kappa shape index (κ2) is 10.1. The van der Waals surface area contributed by atoms with E-state index < -0.39 is 59.6 Å². The van der Waals surface area contributed by atoms with Gasteiger partial charge in [-0.3, -0.25) is 4.90 Å². The molecule has 1 amide bonds. The first-order valence-corrected chi connectivity index (χ1v) is 11.3. The molecule has 6 nitrogen and oxygen atoms in total. The van der Waals surface area contributed by atoms with Crippen LogP contribution in [0, 0.1) is 17.0 Å². The number of phenolic OH excluding ortho intramolecular Hbond substituents is 1. The number of hydrogen-bond donors (Lipinski definition) is 2. The number of hydrogen-bond acceptors (Lipinski definition) is 5. The molecule has 0 saturated heterocycles. The monoisotopic (exact) mass is 516 g/mol. The molecular weight excluding hydrogens is 487 g/mol. The highest BCUT2D eigenvalue weighted by atomic mass is 19.4. The number of carbonyl (C=O) groups excluding carboxylic acids is 1. The van der Waals surface area contributed by atoms with E-state index in [1.54, 1.807) is 20.8 Å². The fourth-order valence-corrected chi connectivity index (χ4v) is 4.36. The Morgan fingerprint density at radius 1 is 1.17 bits per heavy atom. The normalized spacial score (nSPS) is 19.5. The van der Waals surface area contributed by atoms with E-state index in [1.165, 1.54) is 25.1 Å². The number of ether oxygens (including phenoxy) is 2. The van der Waals surface area contributed by atoms with Crippen LogP contribution in [-0.4, -0.2) is 47.6 Å². The number of amides is 1. The quantitative estimate of drug-likeness (QED) is 0.499. The van der Waals surface area contributed by atoms with Crippen LogP contribution >= 0.6 is 0 Å². The third-order valence-electron chi connectivity index (χ3n) is 6.15. The number of fused-ring (bicyclic) bond motifs is 1. The number of carbonyl (C=O) groups is 1. The van der Waals surface area contributed by atoms with E-state index in [2.05, 4.69) is 0 Å². The van der Waals surface area contributed by atoms with E-state index in [4.69, 9.17) is 15.2 Å². The molecule has 0 aliphatic carbocycles. The maximum Gasteiger partial charge on any atom is 0.404 e. The molecular formula is C25H29F5N2O4. The maximum absolute atomic E-state index is 15.4. The van der Waals surface area contributed by atoms with Crippen molar-refractivity contribution in [3.63, 3.8) is 0 Å². The van der Waals surface area contributed by atoms with Crippen LogP contribution < -0.4 is 10.5 Å². The molecule has 1 aliphatic rings. The SMILES string of the molecule is C[C@@H]1Cc2cc(O)ccc2[C@@H](c2c(F)cc(OCC(OC(N)=O)C(C)(C)C)cc2F)N1CC(F)(F)F. The third-order valence-corrected chi connectivity index (χ3v) is 6.15. The van der Waals surface area contributed by atoms with Crippen LogP contribution in [0.15, 0.2) is 30.3 Å². The number of nitrogens with two attached hydrogens (primary N) is 1. The summed E-state index contributed by atoms with van der Waals surface area (Å²) >= 11 is 0. The van der Waals surface area contributed by atoms with Crippen LogP contribution in [0.1, 0.15) is 50.4 Å². The second-order valence-corrected chi connectivity index (χ2v) is 10.0. The molecule has 198 valence electrons. The second-order valence-electron chi connectivity index (χ2n) is 10.0. The van der Waals surface area contributed by atoms with Crippen LogP contribution in [0.3, 0.4) is 0 Å². The molecule has 0 saturated carbocycles. The summed E-state index contributed by atoms with van der Waals surface area (Å²) in [4.78, 5) is 12.2. The first-order chi connectivity index (χ1) is 16.6. The summed E-state index contributed by atoms with van der Waals surface area (Å²) in [7, 11) is 0. The van der Waals surface area contributed by atoms with Gasteiger partial charge in [-0.2, -0.15) is 13.2 Å². The highest BCUT2D eigenvalue weighted by molar-refractivity contribution is 5.64. The standard InChI is InChI=1S/C25H29F5N2O4/c1-13-7-14-8-15(33)5-6-17(14)22(32(13)12-25(28,29)30)21-18(26)9-16(10-19(21)27)35-11-20(24(2,3)4)36-23(31)34/h5-6,8-10,13,20,22,33H,7,11-12H2,1-4H3,(H2,31,34)/t13-,20?,22+/m1/s1. The fourth-order valence-electron chi connectivity index (χ4n) is 4.36. The van der Waals surface area contributed by atoms with Gasteiger partial charge in [-0.1, -0.05) is 26.8 Å². The lowest BCUT2D eigenvalue weighted by Gasteiger charge is -2.42. The van der Waals surface area contributed by atoms with Gasteiger partial charge < -0.3 is 20.3 Å². The molecule has 0 fully saturated rings. The molecule has 3 rings (SSSR count). The summed E-state index contributed by atoms with van der Waals surface area (Å²) in [6, 6.07) is 3.69. The van der Waals surface area contributed by atoms with Crippen LogP contribution in [0.5, 0.6) is 11.5 Å². The Labute approximate surface area is 205 Å². The number of aromatic hydroxyl groups is 1. The average molecular weight is 517 g/mol. The molecule has 1 heterocycles. The fraction of sp³-hybridized carbons (Fsp3) is 0.480. The van der Waals surface area contributed by atoms with Gasteiger partial charge in [-0.05, 0) is 36.6 Å². The maximum atomic E-state index is 15.4. The minimum absolute atomic E-state index is 0.0970. The molecule has 36 heavy (non-hydrogen) atoms. The highest BCUT2D eigenvalue weighted by Gasteiger charge is 2.42. The average Bonchev–Trinajstić information content (AvgIpc) is 2.70. The molecule has 2 aromatic carbocycles. The summed E-state index contributed by atoms with van der Waals surface area (Å²) in [6.07, 6.45) is -6.32. The van der Waals surface area contributed by atoms with Gasteiger partial charge in [0.05, 0.1) is 12.6 Å². The summed E-state index contributed by atoms with van der Waals surface area (Å²) in [5.41, 5.74) is 4.69. The number of phenols is 1. The van der Waals surface area contributed by atoms with Crippen molar-refractivity contribution >= 4 is 6.09 Å². The molecule has 1 aliphatic heterocycles. The Hall–Kier alpha value is -3.08. The Balaban J connectivity index is 2.01. The zero-order valence-electron chi connectivity index (χ0n) is 20.3. The topological polar surface area (TPSA) is 85.0 Å². The van der Waals surface area contributed by atoms with Crippen LogP contribution in [0.25, 0.3) is 0 Å². The van der Waals surface area contributed by atoms with Crippen molar-refractivity contribution in [2.45, 2.75) is 58.5 Å². The minimum Gasteiger partial charge on any atom is -0.508 e. The number of primary amides is 1. The van der Waals surface area contributed by atoms with E-state index in [-0.39, 0.29) is 30.1 Å². The number of alkyl halides is 3. The molecule has 0 aromatic heterocycles. The van der Waals surface area contributed by atoms with Gasteiger partial charge in [0, 0.05) is 29.2 Å². The van der Waals surface area contributed by atoms with Crippen molar-refractivity contribution in [1.82, 2.24) is 4.90 Å².